The van der Waals surface area contributed by atoms with Crippen molar-refractivity contribution in [3.8, 4) is 33.6 Å². The summed E-state index contributed by atoms with van der Waals surface area (Å²) in [5.74, 6) is 0.721. The van der Waals surface area contributed by atoms with Crippen molar-refractivity contribution in [1.82, 2.24) is 34.4 Å². The van der Waals surface area contributed by atoms with Crippen molar-refractivity contribution in [3.05, 3.63) is 61.4 Å². The van der Waals surface area contributed by atoms with Gasteiger partial charge in [-0.1, -0.05) is 37.5 Å². The molecule has 1 aromatic carbocycles. The van der Waals surface area contributed by atoms with E-state index in [2.05, 4.69) is 43.2 Å². The van der Waals surface area contributed by atoms with Crippen molar-refractivity contribution in [2.45, 2.75) is 45.1 Å². The highest BCUT2D eigenvalue weighted by Crippen LogP contribution is 2.29. The second-order valence-electron chi connectivity index (χ2n) is 9.08. The lowest BCUT2D eigenvalue weighted by Gasteiger charge is -2.21. The molecule has 3 heterocycles. The summed E-state index contributed by atoms with van der Waals surface area (Å²) in [6.45, 7) is 2.34. The Balaban J connectivity index is 0.000000384. The molecule has 5 rings (SSSR count). The maximum Gasteiger partial charge on any atom is 0.407 e. The zero-order valence-electron chi connectivity index (χ0n) is 21.1. The maximum absolute atomic E-state index is 9.86. The zero-order valence-corrected chi connectivity index (χ0v) is 21.1. The van der Waals surface area contributed by atoms with Gasteiger partial charge in [-0.3, -0.25) is 9.36 Å². The van der Waals surface area contributed by atoms with E-state index in [0.29, 0.717) is 12.6 Å². The van der Waals surface area contributed by atoms with Gasteiger partial charge in [0.05, 0.1) is 18.4 Å². The van der Waals surface area contributed by atoms with Crippen LogP contribution in [-0.2, 0) is 7.05 Å². The number of carboxylic acid groups (broad SMARTS) is 1. The van der Waals surface area contributed by atoms with Gasteiger partial charge in [0.15, 0.2) is 5.82 Å². The van der Waals surface area contributed by atoms with Crippen LogP contribution >= 0.6 is 0 Å². The van der Waals surface area contributed by atoms with Crippen LogP contribution in [0.4, 0.5) is 4.79 Å². The molecule has 188 valence electrons. The van der Waals surface area contributed by atoms with Crippen LogP contribution in [0.5, 0.6) is 0 Å². The fraction of sp³-hybridized carbons (Fsp3) is 0.370. The van der Waals surface area contributed by atoms with Crippen LogP contribution in [0, 0.1) is 0 Å². The van der Waals surface area contributed by atoms with Gasteiger partial charge in [-0.15, -0.1) is 0 Å². The second kappa shape index (κ2) is 11.6. The molecule has 0 unspecified atom stereocenters. The van der Waals surface area contributed by atoms with Gasteiger partial charge < -0.3 is 10.0 Å². The minimum Gasteiger partial charge on any atom is -0.465 e. The largest absolute Gasteiger partial charge is 0.465 e. The van der Waals surface area contributed by atoms with Crippen LogP contribution in [0.1, 0.15) is 45.1 Å². The maximum atomic E-state index is 9.86. The summed E-state index contributed by atoms with van der Waals surface area (Å²) in [6.07, 6.45) is 17.2. The molecule has 0 spiro atoms. The minimum absolute atomic E-state index is 0.535. The van der Waals surface area contributed by atoms with Gasteiger partial charge in [-0.2, -0.15) is 10.2 Å². The third-order valence-electron chi connectivity index (χ3n) is 6.50. The van der Waals surface area contributed by atoms with Gasteiger partial charge in [-0.25, -0.2) is 14.8 Å². The SMILES string of the molecule is CCN(C)C(=O)O.Cn1cc(-c2cccc(-c3ncc(-c4cnn(C5CCCCC5)c4)cn3)c2)cn1. The predicted molar refractivity (Wildman–Crippen MR) is 139 cm³/mol. The molecule has 0 radical (unpaired) electrons. The standard InChI is InChI=1S/C23H24N6.C4H9NO2/c1-28-15-20(13-26-28)17-6-5-7-18(10-17)23-24-11-19(12-25-23)21-14-27-29(16-21)22-8-3-2-4-9-22;1-3-5(2)4(6)7/h5-7,10-16,22H,2-4,8-9H2,1H3;3H2,1-2H3,(H,6,7). The molecule has 1 aliphatic carbocycles. The van der Waals surface area contributed by atoms with Crippen molar-refractivity contribution in [3.63, 3.8) is 0 Å². The number of carbonyl (C=O) groups is 1. The van der Waals surface area contributed by atoms with E-state index in [0.717, 1.165) is 33.6 Å². The normalized spacial score (nSPS) is 13.6. The molecular formula is C27H33N7O2. The van der Waals surface area contributed by atoms with E-state index >= 15 is 0 Å². The van der Waals surface area contributed by atoms with Crippen LogP contribution in [0.25, 0.3) is 33.6 Å². The number of rotatable bonds is 5. The first-order valence-corrected chi connectivity index (χ1v) is 12.3. The Hall–Kier alpha value is -4.01. The average molecular weight is 488 g/mol. The highest BCUT2D eigenvalue weighted by molar-refractivity contribution is 5.70. The number of amides is 1. The monoisotopic (exact) mass is 487 g/mol. The van der Waals surface area contributed by atoms with Crippen molar-refractivity contribution in [2.75, 3.05) is 13.6 Å². The Morgan fingerprint density at radius 1 is 0.944 bits per heavy atom. The first-order valence-electron chi connectivity index (χ1n) is 12.3. The molecular weight excluding hydrogens is 454 g/mol. The Morgan fingerprint density at radius 2 is 1.61 bits per heavy atom. The van der Waals surface area contributed by atoms with Crippen LogP contribution in [0.2, 0.25) is 0 Å². The van der Waals surface area contributed by atoms with Crippen molar-refractivity contribution in [2.24, 2.45) is 7.05 Å². The first kappa shape index (κ1) is 25.1. The van der Waals surface area contributed by atoms with E-state index in [1.807, 2.05) is 50.2 Å². The summed E-state index contributed by atoms with van der Waals surface area (Å²) in [5, 5.41) is 17.0. The fourth-order valence-corrected chi connectivity index (χ4v) is 4.20. The van der Waals surface area contributed by atoms with Gasteiger partial charge in [0.25, 0.3) is 0 Å². The highest BCUT2D eigenvalue weighted by Gasteiger charge is 2.16. The van der Waals surface area contributed by atoms with E-state index in [9.17, 15) is 4.79 Å². The molecule has 3 aromatic heterocycles. The third kappa shape index (κ3) is 6.16. The number of hydrogen-bond acceptors (Lipinski definition) is 5. The summed E-state index contributed by atoms with van der Waals surface area (Å²) < 4.78 is 3.93. The Morgan fingerprint density at radius 3 is 2.22 bits per heavy atom. The lowest BCUT2D eigenvalue weighted by atomic mass is 9.96. The molecule has 1 N–H and O–H groups in total. The molecule has 1 saturated carbocycles. The number of hydrogen-bond donors (Lipinski definition) is 1. The molecule has 1 amide bonds. The van der Waals surface area contributed by atoms with Gasteiger partial charge in [0.1, 0.15) is 0 Å². The Kier molecular flexibility index (Phi) is 8.10. The second-order valence-corrected chi connectivity index (χ2v) is 9.08. The summed E-state index contributed by atoms with van der Waals surface area (Å²) in [4.78, 5) is 20.3. The molecule has 36 heavy (non-hydrogen) atoms. The summed E-state index contributed by atoms with van der Waals surface area (Å²) in [7, 11) is 3.45. The molecule has 1 fully saturated rings. The number of aromatic nitrogens is 6. The smallest absolute Gasteiger partial charge is 0.407 e. The lowest BCUT2D eigenvalue weighted by Crippen LogP contribution is -2.23. The van der Waals surface area contributed by atoms with Crippen molar-refractivity contribution in [1.29, 1.82) is 0 Å². The highest BCUT2D eigenvalue weighted by atomic mass is 16.4. The minimum atomic E-state index is -0.873. The molecule has 9 nitrogen and oxygen atoms in total. The van der Waals surface area contributed by atoms with E-state index < -0.39 is 6.09 Å². The van der Waals surface area contributed by atoms with Crippen LogP contribution in [0.15, 0.2) is 61.4 Å². The topological polar surface area (TPSA) is 102 Å². The number of nitrogens with zero attached hydrogens (tertiary/aromatic N) is 7. The molecule has 0 aliphatic heterocycles. The zero-order chi connectivity index (χ0) is 25.5. The van der Waals surface area contributed by atoms with Gasteiger partial charge in [0.2, 0.25) is 0 Å². The number of benzene rings is 1. The Labute approximate surface area is 211 Å². The van der Waals surface area contributed by atoms with E-state index in [4.69, 9.17) is 5.11 Å². The first-order chi connectivity index (χ1) is 17.4. The van der Waals surface area contributed by atoms with Gasteiger partial charge in [0, 0.05) is 67.7 Å². The quantitative estimate of drug-likeness (QED) is 0.397. The van der Waals surface area contributed by atoms with Crippen LogP contribution in [0.3, 0.4) is 0 Å². The molecule has 0 atom stereocenters. The lowest BCUT2D eigenvalue weighted by molar-refractivity contribution is 0.158. The molecule has 0 saturated heterocycles. The van der Waals surface area contributed by atoms with E-state index in [1.54, 1.807) is 11.6 Å². The molecule has 1 aliphatic rings. The summed E-state index contributed by atoms with van der Waals surface area (Å²) in [5.41, 5.74) is 5.26. The fourth-order valence-electron chi connectivity index (χ4n) is 4.20. The van der Waals surface area contributed by atoms with E-state index in [1.165, 1.54) is 44.1 Å². The molecule has 4 aromatic rings. The van der Waals surface area contributed by atoms with Crippen LogP contribution < -0.4 is 0 Å². The number of aryl methyl sites for hydroxylation is 1. The third-order valence-corrected chi connectivity index (χ3v) is 6.50. The molecule has 0 bridgehead atoms. The van der Waals surface area contributed by atoms with E-state index in [-0.39, 0.29) is 0 Å². The average Bonchev–Trinajstić information content (AvgIpc) is 3.59. The summed E-state index contributed by atoms with van der Waals surface area (Å²) >= 11 is 0. The molecule has 9 heteroatoms. The summed E-state index contributed by atoms with van der Waals surface area (Å²) in [6, 6.07) is 8.79. The predicted octanol–water partition coefficient (Wildman–Crippen LogP) is 5.53. The van der Waals surface area contributed by atoms with Gasteiger partial charge in [-0.05, 0) is 31.4 Å². The Bertz CT molecular complexity index is 1270. The van der Waals surface area contributed by atoms with Gasteiger partial charge >= 0.3 is 6.09 Å². The van der Waals surface area contributed by atoms with Crippen molar-refractivity contribution < 1.29 is 9.90 Å². The van der Waals surface area contributed by atoms with Crippen LogP contribution in [-0.4, -0.2) is 59.2 Å². The van der Waals surface area contributed by atoms with Crippen molar-refractivity contribution >= 4 is 6.09 Å².